The van der Waals surface area contributed by atoms with Gasteiger partial charge in [0.25, 0.3) is 0 Å². The fraction of sp³-hybridized carbons (Fsp3) is 0.846. The van der Waals surface area contributed by atoms with Gasteiger partial charge in [0, 0.05) is 19.0 Å². The number of nitrogens with zero attached hydrogens (tertiary/aromatic N) is 2. The van der Waals surface area contributed by atoms with Gasteiger partial charge in [0.2, 0.25) is 10.0 Å². The highest BCUT2D eigenvalue weighted by molar-refractivity contribution is 7.89. The van der Waals surface area contributed by atoms with E-state index < -0.39 is 27.2 Å². The summed E-state index contributed by atoms with van der Waals surface area (Å²) in [4.78, 5) is 11.7. The van der Waals surface area contributed by atoms with E-state index in [1.807, 2.05) is 6.07 Å². The highest BCUT2D eigenvalue weighted by Crippen LogP contribution is 2.34. The molecule has 1 saturated carbocycles. The first kappa shape index (κ1) is 16.9. The highest BCUT2D eigenvalue weighted by Gasteiger charge is 2.45. The molecule has 6 nitrogen and oxygen atoms in total. The standard InChI is InChI=1S/C13H22N2O4S/c1-10(2)15(9-5-8-14)20(17,18)12-7-4-6-11(12)13(16)19-3/h10-12H,4-7,9H2,1-3H3. The Morgan fingerprint density at radius 2 is 2.10 bits per heavy atom. The summed E-state index contributed by atoms with van der Waals surface area (Å²) in [6, 6.07) is 1.73. The molecule has 1 fully saturated rings. The molecular formula is C13H22N2O4S. The minimum atomic E-state index is -3.60. The van der Waals surface area contributed by atoms with Gasteiger partial charge in [-0.15, -0.1) is 0 Å². The molecule has 0 radical (unpaired) electrons. The molecule has 0 aliphatic heterocycles. The lowest BCUT2D eigenvalue weighted by Crippen LogP contribution is -2.46. The monoisotopic (exact) mass is 302 g/mol. The molecule has 7 heteroatoms. The van der Waals surface area contributed by atoms with Crippen LogP contribution >= 0.6 is 0 Å². The topological polar surface area (TPSA) is 87.5 Å². The van der Waals surface area contributed by atoms with Crippen LogP contribution < -0.4 is 0 Å². The van der Waals surface area contributed by atoms with Gasteiger partial charge in [-0.3, -0.25) is 4.79 Å². The zero-order valence-electron chi connectivity index (χ0n) is 12.2. The van der Waals surface area contributed by atoms with Gasteiger partial charge in [-0.2, -0.15) is 9.57 Å². The second kappa shape index (κ2) is 7.04. The average molecular weight is 302 g/mol. The number of carbonyl (C=O) groups excluding carboxylic acids is 1. The Labute approximate surface area is 120 Å². The van der Waals surface area contributed by atoms with Gasteiger partial charge in [0.15, 0.2) is 0 Å². The van der Waals surface area contributed by atoms with Crippen molar-refractivity contribution in [3.63, 3.8) is 0 Å². The van der Waals surface area contributed by atoms with Crippen LogP contribution in [0.2, 0.25) is 0 Å². The Morgan fingerprint density at radius 1 is 1.45 bits per heavy atom. The van der Waals surface area contributed by atoms with Gasteiger partial charge in [-0.1, -0.05) is 6.42 Å². The van der Waals surface area contributed by atoms with E-state index in [4.69, 9.17) is 10.00 Å². The highest BCUT2D eigenvalue weighted by atomic mass is 32.2. The van der Waals surface area contributed by atoms with Crippen LogP contribution in [0.25, 0.3) is 0 Å². The number of rotatable bonds is 6. The van der Waals surface area contributed by atoms with Gasteiger partial charge in [-0.25, -0.2) is 8.42 Å². The maximum Gasteiger partial charge on any atom is 0.310 e. The molecule has 0 N–H and O–H groups in total. The van der Waals surface area contributed by atoms with E-state index in [1.165, 1.54) is 11.4 Å². The molecule has 114 valence electrons. The van der Waals surface area contributed by atoms with Crippen LogP contribution in [-0.2, 0) is 19.6 Å². The van der Waals surface area contributed by atoms with Crippen LogP contribution in [0.4, 0.5) is 0 Å². The molecule has 20 heavy (non-hydrogen) atoms. The fourth-order valence-electron chi connectivity index (χ4n) is 2.72. The zero-order valence-corrected chi connectivity index (χ0v) is 13.0. The van der Waals surface area contributed by atoms with Crippen LogP contribution in [0.15, 0.2) is 0 Å². The molecule has 0 amide bonds. The molecule has 1 aliphatic carbocycles. The van der Waals surface area contributed by atoms with Gasteiger partial charge >= 0.3 is 5.97 Å². The Hall–Kier alpha value is -1.13. The van der Waals surface area contributed by atoms with Crippen molar-refractivity contribution in [3.05, 3.63) is 0 Å². The van der Waals surface area contributed by atoms with E-state index >= 15 is 0 Å². The molecule has 0 aromatic rings. The maximum absolute atomic E-state index is 12.7. The third-order valence-electron chi connectivity index (χ3n) is 3.69. The van der Waals surface area contributed by atoms with E-state index in [0.29, 0.717) is 19.3 Å². The molecule has 2 unspecified atom stereocenters. The van der Waals surface area contributed by atoms with Crippen molar-refractivity contribution in [1.29, 1.82) is 5.26 Å². The first-order chi connectivity index (χ1) is 9.36. The Bertz CT molecular complexity index is 481. The molecule has 0 aromatic carbocycles. The summed E-state index contributed by atoms with van der Waals surface area (Å²) in [5.41, 5.74) is 0. The third kappa shape index (κ3) is 3.49. The second-order valence-corrected chi connectivity index (χ2v) is 7.36. The summed E-state index contributed by atoms with van der Waals surface area (Å²) in [6.07, 6.45) is 1.86. The third-order valence-corrected chi connectivity index (χ3v) is 6.27. The quantitative estimate of drug-likeness (QED) is 0.690. The number of ether oxygens (including phenoxy) is 1. The molecule has 0 bridgehead atoms. The molecule has 1 rings (SSSR count). The van der Waals surface area contributed by atoms with Gasteiger partial charge in [-0.05, 0) is 26.7 Å². The Kier molecular flexibility index (Phi) is 5.96. The van der Waals surface area contributed by atoms with Crippen LogP contribution in [0, 0.1) is 17.2 Å². The lowest BCUT2D eigenvalue weighted by molar-refractivity contribution is -0.145. The minimum absolute atomic E-state index is 0.146. The normalized spacial score (nSPS) is 23.0. The Morgan fingerprint density at radius 3 is 2.60 bits per heavy atom. The number of hydrogen-bond acceptors (Lipinski definition) is 5. The zero-order chi connectivity index (χ0) is 15.3. The number of sulfonamides is 1. The number of esters is 1. The average Bonchev–Trinajstić information content (AvgIpc) is 2.87. The summed E-state index contributed by atoms with van der Waals surface area (Å²) in [5.74, 6) is -1.05. The lowest BCUT2D eigenvalue weighted by Gasteiger charge is -2.30. The predicted molar refractivity (Wildman–Crippen MR) is 74.1 cm³/mol. The molecule has 0 heterocycles. The van der Waals surface area contributed by atoms with E-state index in [2.05, 4.69) is 0 Å². The maximum atomic E-state index is 12.7. The number of nitriles is 1. The van der Waals surface area contributed by atoms with Crippen LogP contribution in [0.1, 0.15) is 39.5 Å². The molecule has 0 saturated heterocycles. The Balaban J connectivity index is 3.00. The van der Waals surface area contributed by atoms with Crippen molar-refractivity contribution < 1.29 is 17.9 Å². The van der Waals surface area contributed by atoms with E-state index in [9.17, 15) is 13.2 Å². The first-order valence-electron chi connectivity index (χ1n) is 6.81. The van der Waals surface area contributed by atoms with Gasteiger partial charge in [0.05, 0.1) is 24.3 Å². The molecule has 0 aromatic heterocycles. The van der Waals surface area contributed by atoms with Crippen molar-refractivity contribution in [2.45, 2.75) is 50.8 Å². The van der Waals surface area contributed by atoms with Crippen LogP contribution in [0.3, 0.4) is 0 Å². The van der Waals surface area contributed by atoms with Crippen LogP contribution in [-0.4, -0.2) is 43.6 Å². The number of methoxy groups -OCH3 is 1. The van der Waals surface area contributed by atoms with Crippen molar-refractivity contribution in [3.8, 4) is 6.07 Å². The van der Waals surface area contributed by atoms with Crippen molar-refractivity contribution in [2.24, 2.45) is 5.92 Å². The smallest absolute Gasteiger partial charge is 0.310 e. The minimum Gasteiger partial charge on any atom is -0.469 e. The van der Waals surface area contributed by atoms with Crippen molar-refractivity contribution >= 4 is 16.0 Å². The van der Waals surface area contributed by atoms with E-state index in [0.717, 1.165) is 0 Å². The van der Waals surface area contributed by atoms with Gasteiger partial charge < -0.3 is 4.74 Å². The summed E-state index contributed by atoms with van der Waals surface area (Å²) >= 11 is 0. The number of hydrogen-bond donors (Lipinski definition) is 0. The fourth-order valence-corrected chi connectivity index (χ4v) is 5.13. The summed E-state index contributed by atoms with van der Waals surface area (Å²) in [7, 11) is -2.32. The van der Waals surface area contributed by atoms with Crippen LogP contribution in [0.5, 0.6) is 0 Å². The summed E-state index contributed by atoms with van der Waals surface area (Å²) in [6.45, 7) is 3.72. The molecule has 2 atom stereocenters. The number of carbonyl (C=O) groups is 1. The lowest BCUT2D eigenvalue weighted by atomic mass is 10.1. The SMILES string of the molecule is COC(=O)C1CCCC1S(=O)(=O)N(CCC#N)C(C)C. The largest absolute Gasteiger partial charge is 0.469 e. The van der Waals surface area contributed by atoms with Crippen molar-refractivity contribution in [2.75, 3.05) is 13.7 Å². The van der Waals surface area contributed by atoms with Gasteiger partial charge in [0.1, 0.15) is 0 Å². The van der Waals surface area contributed by atoms with Crippen molar-refractivity contribution in [1.82, 2.24) is 4.31 Å². The molecular weight excluding hydrogens is 280 g/mol. The second-order valence-electron chi connectivity index (χ2n) is 5.26. The predicted octanol–water partition coefficient (Wildman–Crippen LogP) is 1.28. The molecule has 1 aliphatic rings. The molecule has 0 spiro atoms. The first-order valence-corrected chi connectivity index (χ1v) is 8.32. The van der Waals surface area contributed by atoms with E-state index in [-0.39, 0.29) is 19.0 Å². The van der Waals surface area contributed by atoms with E-state index in [1.54, 1.807) is 13.8 Å². The summed E-state index contributed by atoms with van der Waals surface area (Å²) in [5, 5.41) is 7.93. The summed E-state index contributed by atoms with van der Waals surface area (Å²) < 4.78 is 31.5.